The normalized spacial score (nSPS) is 11.4. The predicted octanol–water partition coefficient (Wildman–Crippen LogP) is 0.826. The van der Waals surface area contributed by atoms with E-state index in [2.05, 4.69) is 5.32 Å². The van der Waals surface area contributed by atoms with Crippen LogP contribution >= 0.6 is 0 Å². The van der Waals surface area contributed by atoms with E-state index >= 15 is 0 Å². The van der Waals surface area contributed by atoms with Gasteiger partial charge in [-0.25, -0.2) is 0 Å². The molecule has 0 saturated carbocycles. The minimum atomic E-state index is -0.794. The van der Waals surface area contributed by atoms with Gasteiger partial charge in [0.15, 0.2) is 0 Å². The van der Waals surface area contributed by atoms with Crippen LogP contribution in [0.3, 0.4) is 0 Å². The van der Waals surface area contributed by atoms with Crippen molar-refractivity contribution in [2.75, 3.05) is 20.3 Å². The lowest BCUT2D eigenvalue weighted by Gasteiger charge is -2.29. The number of nitrogens with one attached hydrogen (secondary N) is 1. The number of benzene rings is 1. The van der Waals surface area contributed by atoms with Crippen LogP contribution in [0.2, 0.25) is 0 Å². The maximum absolute atomic E-state index is 10.8. The molecule has 7 heteroatoms. The summed E-state index contributed by atoms with van der Waals surface area (Å²) >= 11 is 0. The second kappa shape index (κ2) is 7.18. The molecule has 0 saturated heterocycles. The van der Waals surface area contributed by atoms with Crippen LogP contribution in [0.4, 0.5) is 5.69 Å². The molecule has 0 fully saturated rings. The van der Waals surface area contributed by atoms with Gasteiger partial charge >= 0.3 is 0 Å². The lowest BCUT2D eigenvalue weighted by Crippen LogP contribution is -2.50. The van der Waals surface area contributed by atoms with Gasteiger partial charge in [-0.1, -0.05) is 6.92 Å². The number of nitrogens with zero attached hydrogens (tertiary/aromatic N) is 1. The van der Waals surface area contributed by atoms with Crippen molar-refractivity contribution >= 4 is 5.69 Å². The van der Waals surface area contributed by atoms with E-state index in [9.17, 15) is 20.3 Å². The topological polar surface area (TPSA) is 105 Å². The van der Waals surface area contributed by atoms with Crippen LogP contribution in [0.15, 0.2) is 18.2 Å². The lowest BCUT2D eigenvalue weighted by atomic mass is 9.98. The molecule has 1 aromatic carbocycles. The van der Waals surface area contributed by atoms with Crippen molar-refractivity contribution in [3.8, 4) is 5.75 Å². The molecule has 0 aliphatic carbocycles. The average Bonchev–Trinajstić information content (AvgIpc) is 2.48. The zero-order valence-electron chi connectivity index (χ0n) is 11.6. The molecular weight excluding hydrogens is 264 g/mol. The van der Waals surface area contributed by atoms with Crippen molar-refractivity contribution < 1.29 is 19.9 Å². The minimum absolute atomic E-state index is 0.0590. The van der Waals surface area contributed by atoms with Crippen LogP contribution in [-0.4, -0.2) is 41.0 Å². The molecule has 0 amide bonds. The van der Waals surface area contributed by atoms with Crippen LogP contribution in [0, 0.1) is 10.1 Å². The first-order valence-electron chi connectivity index (χ1n) is 6.29. The Labute approximate surface area is 117 Å². The molecule has 3 N–H and O–H groups in total. The molecule has 0 aliphatic rings. The molecule has 0 unspecified atom stereocenters. The second-order valence-corrected chi connectivity index (χ2v) is 4.60. The summed E-state index contributed by atoms with van der Waals surface area (Å²) in [6.07, 6.45) is 0.534. The minimum Gasteiger partial charge on any atom is -0.496 e. The number of aliphatic hydroxyl groups is 2. The van der Waals surface area contributed by atoms with Gasteiger partial charge in [-0.2, -0.15) is 0 Å². The zero-order valence-corrected chi connectivity index (χ0v) is 11.6. The number of aliphatic hydroxyl groups excluding tert-OH is 2. The van der Waals surface area contributed by atoms with E-state index in [0.29, 0.717) is 17.7 Å². The average molecular weight is 284 g/mol. The third kappa shape index (κ3) is 3.89. The molecule has 1 aromatic rings. The maximum Gasteiger partial charge on any atom is 0.273 e. The van der Waals surface area contributed by atoms with Crippen molar-refractivity contribution in [1.82, 2.24) is 5.32 Å². The summed E-state index contributed by atoms with van der Waals surface area (Å²) in [5.41, 5.74) is -0.204. The number of non-ortho nitro benzene ring substituents is 1. The summed E-state index contributed by atoms with van der Waals surface area (Å²) in [6, 6.07) is 4.45. The van der Waals surface area contributed by atoms with E-state index in [0.717, 1.165) is 0 Å². The van der Waals surface area contributed by atoms with E-state index in [1.165, 1.54) is 19.2 Å². The molecule has 1 rings (SSSR count). The van der Waals surface area contributed by atoms with Crippen LogP contribution in [0.1, 0.15) is 18.9 Å². The zero-order chi connectivity index (χ0) is 15.2. The van der Waals surface area contributed by atoms with Gasteiger partial charge in [-0.05, 0) is 18.1 Å². The van der Waals surface area contributed by atoms with Crippen molar-refractivity contribution in [3.63, 3.8) is 0 Å². The molecule has 112 valence electrons. The van der Waals surface area contributed by atoms with Crippen molar-refractivity contribution in [1.29, 1.82) is 0 Å². The van der Waals surface area contributed by atoms with Crippen molar-refractivity contribution in [3.05, 3.63) is 33.9 Å². The summed E-state index contributed by atoms with van der Waals surface area (Å²) in [6.45, 7) is 1.69. The van der Waals surface area contributed by atoms with Gasteiger partial charge in [0.2, 0.25) is 0 Å². The fraction of sp³-hybridized carbons (Fsp3) is 0.538. The molecule has 20 heavy (non-hydrogen) atoms. The molecule has 0 radical (unpaired) electrons. The highest BCUT2D eigenvalue weighted by Gasteiger charge is 2.25. The second-order valence-electron chi connectivity index (χ2n) is 4.60. The van der Waals surface area contributed by atoms with Crippen LogP contribution < -0.4 is 10.1 Å². The van der Waals surface area contributed by atoms with Crippen LogP contribution in [0.25, 0.3) is 0 Å². The molecule has 0 aromatic heterocycles. The Morgan fingerprint density at radius 1 is 1.35 bits per heavy atom. The number of hydrogen-bond acceptors (Lipinski definition) is 6. The quantitative estimate of drug-likeness (QED) is 0.482. The predicted molar refractivity (Wildman–Crippen MR) is 73.7 cm³/mol. The van der Waals surface area contributed by atoms with Crippen LogP contribution in [-0.2, 0) is 6.54 Å². The molecule has 0 aliphatic heterocycles. The molecular formula is C13H20N2O5. The number of hydrogen-bond donors (Lipinski definition) is 3. The van der Waals surface area contributed by atoms with Crippen LogP contribution in [0.5, 0.6) is 5.75 Å². The first-order chi connectivity index (χ1) is 9.50. The van der Waals surface area contributed by atoms with Gasteiger partial charge in [0.1, 0.15) is 5.75 Å². The summed E-state index contributed by atoms with van der Waals surface area (Å²) in [7, 11) is 1.44. The van der Waals surface area contributed by atoms with Gasteiger partial charge in [0.25, 0.3) is 5.69 Å². The van der Waals surface area contributed by atoms with E-state index in [4.69, 9.17) is 4.74 Å². The molecule has 7 nitrogen and oxygen atoms in total. The highest BCUT2D eigenvalue weighted by Crippen LogP contribution is 2.23. The van der Waals surface area contributed by atoms with Gasteiger partial charge < -0.3 is 20.3 Å². The molecule has 0 heterocycles. The Kier molecular flexibility index (Phi) is 5.87. The Bertz CT molecular complexity index is 452. The number of ether oxygens (including phenoxy) is 1. The van der Waals surface area contributed by atoms with Gasteiger partial charge in [0, 0.05) is 12.6 Å². The first kappa shape index (κ1) is 16.4. The fourth-order valence-electron chi connectivity index (χ4n) is 1.77. The SMILES string of the molecule is CCC(CO)(CO)NCc1cc(OC)cc([N+](=O)[O-])c1. The molecule has 0 atom stereocenters. The van der Waals surface area contributed by atoms with Gasteiger partial charge in [-0.3, -0.25) is 10.1 Å². The van der Waals surface area contributed by atoms with E-state index in [1.54, 1.807) is 6.07 Å². The number of rotatable bonds is 8. The van der Waals surface area contributed by atoms with Crippen molar-refractivity contribution in [2.24, 2.45) is 0 Å². The van der Waals surface area contributed by atoms with E-state index < -0.39 is 10.5 Å². The highest BCUT2D eigenvalue weighted by atomic mass is 16.6. The monoisotopic (exact) mass is 284 g/mol. The van der Waals surface area contributed by atoms with Gasteiger partial charge in [0.05, 0.1) is 36.9 Å². The Hall–Kier alpha value is -1.70. The standard InChI is InChI=1S/C13H20N2O5/c1-3-13(8-16,9-17)14-7-10-4-11(15(18)19)6-12(5-10)20-2/h4-6,14,16-17H,3,7-9H2,1-2H3. The van der Waals surface area contributed by atoms with E-state index in [1.807, 2.05) is 6.92 Å². The third-order valence-electron chi connectivity index (χ3n) is 3.35. The first-order valence-corrected chi connectivity index (χ1v) is 6.29. The number of methoxy groups -OCH3 is 1. The number of nitro groups is 1. The number of nitro benzene ring substituents is 1. The largest absolute Gasteiger partial charge is 0.496 e. The summed E-state index contributed by atoms with van der Waals surface area (Å²) in [4.78, 5) is 10.4. The molecule has 0 spiro atoms. The smallest absolute Gasteiger partial charge is 0.273 e. The molecule has 0 bridgehead atoms. The Morgan fingerprint density at radius 2 is 2.00 bits per heavy atom. The fourth-order valence-corrected chi connectivity index (χ4v) is 1.77. The van der Waals surface area contributed by atoms with Crippen molar-refractivity contribution in [2.45, 2.75) is 25.4 Å². The summed E-state index contributed by atoms with van der Waals surface area (Å²) in [5, 5.41) is 32.6. The highest BCUT2D eigenvalue weighted by molar-refractivity contribution is 5.42. The van der Waals surface area contributed by atoms with Gasteiger partial charge in [-0.15, -0.1) is 0 Å². The van der Waals surface area contributed by atoms with E-state index in [-0.39, 0.29) is 25.4 Å². The maximum atomic E-state index is 10.8. The summed E-state index contributed by atoms with van der Waals surface area (Å²) < 4.78 is 5.03. The lowest BCUT2D eigenvalue weighted by molar-refractivity contribution is -0.385. The summed E-state index contributed by atoms with van der Waals surface area (Å²) in [5.74, 6) is 0.395. The third-order valence-corrected chi connectivity index (χ3v) is 3.35. The Balaban J connectivity index is 2.91. The Morgan fingerprint density at radius 3 is 2.45 bits per heavy atom.